The lowest BCUT2D eigenvalue weighted by molar-refractivity contribution is -0.163. The molecule has 0 spiro atoms. The molecule has 2 aromatic rings. The molecule has 0 aliphatic heterocycles. The van der Waals surface area contributed by atoms with E-state index in [2.05, 4.69) is 5.32 Å². The molecule has 6 nitrogen and oxygen atoms in total. The van der Waals surface area contributed by atoms with Crippen LogP contribution >= 0.6 is 11.6 Å². The molecule has 1 aliphatic carbocycles. The average Bonchev–Trinajstić information content (AvgIpc) is 3.06. The predicted molar refractivity (Wildman–Crippen MR) is 109 cm³/mol. The molecule has 0 heterocycles. The third-order valence-electron chi connectivity index (χ3n) is 5.51. The van der Waals surface area contributed by atoms with Gasteiger partial charge in [-0.25, -0.2) is 0 Å². The molecule has 4 N–H and O–H groups in total. The van der Waals surface area contributed by atoms with Crippen molar-refractivity contribution in [2.24, 2.45) is 5.41 Å². The number of carboxylic acids is 2. The number of aliphatic hydroxyl groups excluding tert-OH is 1. The topological polar surface area (TPSA) is 107 Å². The lowest BCUT2D eigenvalue weighted by Gasteiger charge is -2.18. The van der Waals surface area contributed by atoms with E-state index in [-0.39, 0.29) is 18.9 Å². The van der Waals surface area contributed by atoms with Crippen molar-refractivity contribution in [3.63, 3.8) is 0 Å². The maximum Gasteiger partial charge on any atom is 0.321 e. The van der Waals surface area contributed by atoms with E-state index in [4.69, 9.17) is 11.6 Å². The fourth-order valence-corrected chi connectivity index (χ4v) is 4.02. The van der Waals surface area contributed by atoms with Gasteiger partial charge >= 0.3 is 11.9 Å². The second-order valence-electron chi connectivity index (χ2n) is 7.73. The maximum atomic E-state index is 11.6. The molecule has 0 fully saturated rings. The van der Waals surface area contributed by atoms with Crippen molar-refractivity contribution >= 4 is 23.5 Å². The second kappa shape index (κ2) is 8.53. The summed E-state index contributed by atoms with van der Waals surface area (Å²) in [6, 6.07) is 12.8. The molecule has 0 unspecified atom stereocenters. The van der Waals surface area contributed by atoms with Gasteiger partial charge in [0.15, 0.2) is 5.41 Å². The van der Waals surface area contributed by atoms with Gasteiger partial charge in [0.25, 0.3) is 0 Å². The number of aliphatic hydroxyl groups is 1. The first-order valence-corrected chi connectivity index (χ1v) is 9.83. The van der Waals surface area contributed by atoms with Crippen molar-refractivity contribution in [3.05, 3.63) is 69.7 Å². The van der Waals surface area contributed by atoms with Gasteiger partial charge in [0.1, 0.15) is 0 Å². The molecule has 0 saturated heterocycles. The van der Waals surface area contributed by atoms with E-state index < -0.39 is 23.5 Å². The van der Waals surface area contributed by atoms with Crippen LogP contribution < -0.4 is 5.32 Å². The predicted octanol–water partition coefficient (Wildman–Crippen LogP) is 2.85. The standard InChI is InChI=1S/C22H24ClNO5/c1-13(24-12-19(25)15-3-2-4-18(23)9-15)7-14-5-6-16-10-22(20(26)27,21(28)29)11-17(16)8-14/h2-6,8-9,13,19,24-25H,7,10-12H2,1H3,(H,26,27)(H,28,29)/t13-,19-/m1/s1. The van der Waals surface area contributed by atoms with Gasteiger partial charge in [-0.3, -0.25) is 9.59 Å². The van der Waals surface area contributed by atoms with Gasteiger partial charge in [0.05, 0.1) is 6.10 Å². The molecular formula is C22H24ClNO5. The monoisotopic (exact) mass is 417 g/mol. The number of halogens is 1. The van der Waals surface area contributed by atoms with Gasteiger partial charge < -0.3 is 20.6 Å². The molecule has 7 heteroatoms. The SMILES string of the molecule is C[C@H](Cc1ccc2c(c1)CC(C(=O)O)(C(=O)O)C2)NC[C@@H](O)c1cccc(Cl)c1. The summed E-state index contributed by atoms with van der Waals surface area (Å²) in [5.41, 5.74) is 1.52. The van der Waals surface area contributed by atoms with Crippen LogP contribution in [-0.4, -0.2) is 39.8 Å². The highest BCUT2D eigenvalue weighted by molar-refractivity contribution is 6.30. The van der Waals surface area contributed by atoms with E-state index in [1.54, 1.807) is 18.2 Å². The Labute approximate surface area is 174 Å². The third kappa shape index (κ3) is 4.61. The van der Waals surface area contributed by atoms with Crippen LogP contribution in [0.15, 0.2) is 42.5 Å². The van der Waals surface area contributed by atoms with Gasteiger partial charge in [0, 0.05) is 17.6 Å². The lowest BCUT2D eigenvalue weighted by atomic mass is 9.85. The Morgan fingerprint density at radius 1 is 1.10 bits per heavy atom. The molecule has 1 aliphatic rings. The number of hydrogen-bond acceptors (Lipinski definition) is 4. The second-order valence-corrected chi connectivity index (χ2v) is 8.17. The quantitative estimate of drug-likeness (QED) is 0.492. The summed E-state index contributed by atoms with van der Waals surface area (Å²) < 4.78 is 0. The number of hydrogen-bond donors (Lipinski definition) is 4. The first-order valence-electron chi connectivity index (χ1n) is 9.45. The first kappa shape index (κ1) is 21.3. The summed E-state index contributed by atoms with van der Waals surface area (Å²) in [4.78, 5) is 23.1. The molecule has 0 amide bonds. The van der Waals surface area contributed by atoms with Gasteiger partial charge in [-0.05, 0) is 60.6 Å². The minimum atomic E-state index is -1.77. The van der Waals surface area contributed by atoms with Gasteiger partial charge in [0.2, 0.25) is 0 Å². The molecule has 2 atom stereocenters. The smallest absolute Gasteiger partial charge is 0.321 e. The number of rotatable bonds is 8. The van der Waals surface area contributed by atoms with Gasteiger partial charge in [-0.15, -0.1) is 0 Å². The summed E-state index contributed by atoms with van der Waals surface area (Å²) in [6.07, 6.45) is -0.00550. The van der Waals surface area contributed by atoms with E-state index in [0.717, 1.165) is 22.3 Å². The van der Waals surface area contributed by atoms with E-state index in [0.29, 0.717) is 18.0 Å². The molecule has 0 aromatic heterocycles. The molecule has 0 saturated carbocycles. The van der Waals surface area contributed by atoms with E-state index in [9.17, 15) is 24.9 Å². The minimum Gasteiger partial charge on any atom is -0.480 e. The molecule has 29 heavy (non-hydrogen) atoms. The Balaban J connectivity index is 1.61. The van der Waals surface area contributed by atoms with E-state index in [1.807, 2.05) is 31.2 Å². The fraction of sp³-hybridized carbons (Fsp3) is 0.364. The summed E-state index contributed by atoms with van der Waals surface area (Å²) in [5.74, 6) is -2.60. The minimum absolute atomic E-state index is 0.00384. The van der Waals surface area contributed by atoms with Crippen molar-refractivity contribution in [3.8, 4) is 0 Å². The van der Waals surface area contributed by atoms with E-state index in [1.165, 1.54) is 0 Å². The Morgan fingerprint density at radius 3 is 2.45 bits per heavy atom. The van der Waals surface area contributed by atoms with Gasteiger partial charge in [-0.2, -0.15) is 0 Å². The van der Waals surface area contributed by atoms with Crippen molar-refractivity contribution in [1.82, 2.24) is 5.32 Å². The molecular weight excluding hydrogens is 394 g/mol. The highest BCUT2D eigenvalue weighted by Gasteiger charge is 2.50. The van der Waals surface area contributed by atoms with Crippen LogP contribution in [0.5, 0.6) is 0 Å². The summed E-state index contributed by atoms with van der Waals surface area (Å²) in [7, 11) is 0. The van der Waals surface area contributed by atoms with Crippen molar-refractivity contribution in [1.29, 1.82) is 0 Å². The summed E-state index contributed by atoms with van der Waals surface area (Å²) >= 11 is 5.96. The maximum absolute atomic E-state index is 11.6. The van der Waals surface area contributed by atoms with Crippen LogP contribution in [0.3, 0.4) is 0 Å². The highest BCUT2D eigenvalue weighted by atomic mass is 35.5. The third-order valence-corrected chi connectivity index (χ3v) is 5.74. The zero-order valence-electron chi connectivity index (χ0n) is 16.1. The Bertz CT molecular complexity index is 915. The summed E-state index contributed by atoms with van der Waals surface area (Å²) in [6.45, 7) is 2.37. The highest BCUT2D eigenvalue weighted by Crippen LogP contribution is 2.38. The van der Waals surface area contributed by atoms with Crippen molar-refractivity contribution in [2.45, 2.75) is 38.3 Å². The Morgan fingerprint density at radius 2 is 1.79 bits per heavy atom. The number of aliphatic carboxylic acids is 2. The number of carboxylic acid groups (broad SMARTS) is 2. The molecule has 0 radical (unpaired) electrons. The van der Waals surface area contributed by atoms with Crippen molar-refractivity contribution < 1.29 is 24.9 Å². The lowest BCUT2D eigenvalue weighted by Crippen LogP contribution is -2.40. The van der Waals surface area contributed by atoms with Crippen LogP contribution in [0, 0.1) is 5.41 Å². The van der Waals surface area contributed by atoms with Crippen LogP contribution in [0.1, 0.15) is 35.3 Å². The van der Waals surface area contributed by atoms with Crippen LogP contribution in [0.25, 0.3) is 0 Å². The largest absolute Gasteiger partial charge is 0.480 e. The molecule has 154 valence electrons. The van der Waals surface area contributed by atoms with E-state index >= 15 is 0 Å². The number of nitrogens with one attached hydrogen (secondary N) is 1. The Hall–Kier alpha value is -2.41. The molecule has 2 aromatic carbocycles. The summed E-state index contributed by atoms with van der Waals surface area (Å²) in [5, 5.41) is 33.0. The average molecular weight is 418 g/mol. The van der Waals surface area contributed by atoms with Crippen molar-refractivity contribution in [2.75, 3.05) is 6.54 Å². The zero-order chi connectivity index (χ0) is 21.2. The Kier molecular flexibility index (Phi) is 6.27. The fourth-order valence-electron chi connectivity index (χ4n) is 3.82. The number of benzene rings is 2. The first-order chi connectivity index (χ1) is 13.7. The zero-order valence-corrected chi connectivity index (χ0v) is 16.8. The molecule has 0 bridgehead atoms. The number of fused-ring (bicyclic) bond motifs is 1. The van der Waals surface area contributed by atoms with Crippen LogP contribution in [0.4, 0.5) is 0 Å². The number of carbonyl (C=O) groups is 2. The van der Waals surface area contributed by atoms with Crippen LogP contribution in [-0.2, 0) is 28.9 Å². The van der Waals surface area contributed by atoms with Crippen LogP contribution in [0.2, 0.25) is 5.02 Å². The molecule has 3 rings (SSSR count). The normalized spacial score (nSPS) is 16.8. The van der Waals surface area contributed by atoms with Gasteiger partial charge in [-0.1, -0.05) is 41.9 Å².